The number of fused-ring (bicyclic) bond motifs is 1. The average molecular weight is 438 g/mol. The van der Waals surface area contributed by atoms with Crippen molar-refractivity contribution in [3.63, 3.8) is 0 Å². The number of rotatable bonds is 8. The van der Waals surface area contributed by atoms with E-state index in [0.29, 0.717) is 23.8 Å². The van der Waals surface area contributed by atoms with Crippen LogP contribution >= 0.6 is 0 Å². The predicted octanol–water partition coefficient (Wildman–Crippen LogP) is -3.35. The fourth-order valence-corrected chi connectivity index (χ4v) is 3.61. The number of aryl methyl sites for hydroxylation is 1. The van der Waals surface area contributed by atoms with Gasteiger partial charge in [-0.05, 0) is 13.0 Å². The molecule has 2 heterocycles. The number of methoxy groups -OCH3 is 2. The van der Waals surface area contributed by atoms with E-state index in [1.54, 1.807) is 27.6 Å². The van der Waals surface area contributed by atoms with E-state index in [1.165, 1.54) is 11.6 Å². The zero-order valence-corrected chi connectivity index (χ0v) is 18.6. The van der Waals surface area contributed by atoms with Gasteiger partial charge in [-0.15, -0.1) is 0 Å². The quantitative estimate of drug-likeness (QED) is 0.397. The molecule has 0 amide bonds. The van der Waals surface area contributed by atoms with E-state index >= 15 is 0 Å². The lowest BCUT2D eigenvalue weighted by atomic mass is 10.1. The Labute approximate surface area is 180 Å². The number of quaternary nitrogens is 1. The SMILES string of the molecule is COc1cccc(CC(C)[NH2+]CCn2cnc3c2c(=O)n(C)c(=O)n3C)c1OC.[Cl-]. The number of hydrogen-bond acceptors (Lipinski definition) is 5. The molecule has 3 aromatic rings. The Balaban J connectivity index is 0.00000320. The van der Waals surface area contributed by atoms with Crippen LogP contribution in [0.25, 0.3) is 11.2 Å². The van der Waals surface area contributed by atoms with E-state index in [9.17, 15) is 9.59 Å². The van der Waals surface area contributed by atoms with Crippen LogP contribution in [0.1, 0.15) is 12.5 Å². The van der Waals surface area contributed by atoms with Gasteiger partial charge in [-0.3, -0.25) is 13.9 Å². The van der Waals surface area contributed by atoms with Crippen molar-refractivity contribution in [3.8, 4) is 11.5 Å². The van der Waals surface area contributed by atoms with Gasteiger partial charge in [0, 0.05) is 26.1 Å². The normalized spacial score (nSPS) is 11.9. The van der Waals surface area contributed by atoms with Gasteiger partial charge in [0.2, 0.25) is 0 Å². The number of nitrogens with two attached hydrogens (primary N) is 1. The van der Waals surface area contributed by atoms with E-state index in [-0.39, 0.29) is 23.7 Å². The Morgan fingerprint density at radius 3 is 2.53 bits per heavy atom. The number of nitrogens with zero attached hydrogens (tertiary/aromatic N) is 4. The largest absolute Gasteiger partial charge is 1.00 e. The Morgan fingerprint density at radius 2 is 1.87 bits per heavy atom. The standard InChI is InChI=1S/C20H27N5O4.ClH/c1-13(11-14-7-6-8-15(28-4)17(14)29-5)21-9-10-25-12-22-18-16(25)19(26)24(3)20(27)23(18)2;/h6-8,12-13,21H,9-11H2,1-5H3;1H. The second kappa shape index (κ2) is 9.82. The summed E-state index contributed by atoms with van der Waals surface area (Å²) < 4.78 is 15.2. The minimum atomic E-state index is -0.375. The number of halogens is 1. The first-order chi connectivity index (χ1) is 13.9. The summed E-state index contributed by atoms with van der Waals surface area (Å²) >= 11 is 0. The van der Waals surface area contributed by atoms with Crippen LogP contribution in [-0.2, 0) is 27.1 Å². The van der Waals surface area contributed by atoms with E-state index in [1.807, 2.05) is 22.8 Å². The van der Waals surface area contributed by atoms with E-state index in [0.717, 1.165) is 34.6 Å². The van der Waals surface area contributed by atoms with Crippen molar-refractivity contribution in [2.45, 2.75) is 25.9 Å². The minimum absolute atomic E-state index is 0. The van der Waals surface area contributed by atoms with Crippen LogP contribution in [-0.4, -0.2) is 45.5 Å². The van der Waals surface area contributed by atoms with Crippen LogP contribution in [0.15, 0.2) is 34.1 Å². The molecule has 1 atom stereocenters. The molecule has 1 aromatic carbocycles. The zero-order valence-electron chi connectivity index (χ0n) is 17.9. The van der Waals surface area contributed by atoms with Crippen molar-refractivity contribution in [1.29, 1.82) is 0 Å². The van der Waals surface area contributed by atoms with Crippen LogP contribution in [0, 0.1) is 0 Å². The molecule has 0 spiro atoms. The van der Waals surface area contributed by atoms with Gasteiger partial charge in [-0.1, -0.05) is 12.1 Å². The third-order valence-corrected chi connectivity index (χ3v) is 5.18. The molecule has 9 nitrogen and oxygen atoms in total. The van der Waals surface area contributed by atoms with E-state index in [2.05, 4.69) is 17.2 Å². The van der Waals surface area contributed by atoms with Gasteiger partial charge in [0.25, 0.3) is 5.56 Å². The summed E-state index contributed by atoms with van der Waals surface area (Å²) in [5.41, 5.74) is 1.25. The highest BCUT2D eigenvalue weighted by molar-refractivity contribution is 5.69. The topological polar surface area (TPSA) is 96.9 Å². The number of imidazole rings is 1. The molecular weight excluding hydrogens is 410 g/mol. The molecule has 0 aliphatic rings. The fourth-order valence-electron chi connectivity index (χ4n) is 3.61. The van der Waals surface area contributed by atoms with Crippen LogP contribution in [0.4, 0.5) is 0 Å². The van der Waals surface area contributed by atoms with Gasteiger partial charge in [-0.25, -0.2) is 9.78 Å². The molecule has 10 heteroatoms. The lowest BCUT2D eigenvalue weighted by Gasteiger charge is -2.15. The maximum atomic E-state index is 12.5. The van der Waals surface area contributed by atoms with Crippen molar-refractivity contribution in [2.24, 2.45) is 14.1 Å². The molecule has 0 aliphatic heterocycles. The third kappa shape index (κ3) is 4.36. The predicted molar refractivity (Wildman–Crippen MR) is 110 cm³/mol. The highest BCUT2D eigenvalue weighted by Gasteiger charge is 2.16. The van der Waals surface area contributed by atoms with Gasteiger partial charge in [0.05, 0.1) is 39.7 Å². The fraction of sp³-hybridized carbons (Fsp3) is 0.450. The van der Waals surface area contributed by atoms with Crippen LogP contribution < -0.4 is 38.4 Å². The van der Waals surface area contributed by atoms with Gasteiger partial charge in [0.1, 0.15) is 0 Å². The highest BCUT2D eigenvalue weighted by Crippen LogP contribution is 2.31. The van der Waals surface area contributed by atoms with Gasteiger partial charge < -0.3 is 31.8 Å². The Kier molecular flexibility index (Phi) is 7.69. The maximum absolute atomic E-state index is 12.5. The smallest absolute Gasteiger partial charge is 0.332 e. The molecule has 0 fully saturated rings. The summed E-state index contributed by atoms with van der Waals surface area (Å²) in [7, 11) is 6.38. The molecule has 0 aliphatic carbocycles. The summed E-state index contributed by atoms with van der Waals surface area (Å²) in [6, 6.07) is 6.19. The second-order valence-electron chi connectivity index (χ2n) is 7.17. The lowest BCUT2D eigenvalue weighted by Crippen LogP contribution is -3.00. The Hall–Kier alpha value is -2.78. The molecule has 2 aromatic heterocycles. The second-order valence-corrected chi connectivity index (χ2v) is 7.17. The van der Waals surface area contributed by atoms with Gasteiger partial charge >= 0.3 is 5.69 Å². The van der Waals surface area contributed by atoms with Crippen molar-refractivity contribution in [2.75, 3.05) is 20.8 Å². The zero-order chi connectivity index (χ0) is 21.1. The number of hydrogen-bond donors (Lipinski definition) is 1. The van der Waals surface area contributed by atoms with Gasteiger partial charge in [-0.2, -0.15) is 0 Å². The summed E-state index contributed by atoms with van der Waals surface area (Å²) in [5.74, 6) is 1.49. The van der Waals surface area contributed by atoms with E-state index < -0.39 is 0 Å². The number of benzene rings is 1. The Morgan fingerprint density at radius 1 is 1.13 bits per heavy atom. The first-order valence-corrected chi connectivity index (χ1v) is 9.53. The first kappa shape index (κ1) is 23.5. The lowest BCUT2D eigenvalue weighted by molar-refractivity contribution is -0.686. The number of ether oxygens (including phenoxy) is 2. The number of para-hydroxylation sites is 1. The third-order valence-electron chi connectivity index (χ3n) is 5.18. The molecular formula is C20H28ClN5O4. The highest BCUT2D eigenvalue weighted by atomic mass is 35.5. The summed E-state index contributed by atoms with van der Waals surface area (Å²) in [6.45, 7) is 3.53. The van der Waals surface area contributed by atoms with Crippen molar-refractivity contribution >= 4 is 11.2 Å². The monoisotopic (exact) mass is 437 g/mol. The van der Waals surface area contributed by atoms with Crippen LogP contribution in [0.2, 0.25) is 0 Å². The molecule has 0 saturated carbocycles. The van der Waals surface area contributed by atoms with Crippen molar-refractivity contribution < 1.29 is 27.2 Å². The first-order valence-electron chi connectivity index (χ1n) is 9.53. The minimum Gasteiger partial charge on any atom is -1.00 e. The molecule has 30 heavy (non-hydrogen) atoms. The van der Waals surface area contributed by atoms with E-state index in [4.69, 9.17) is 9.47 Å². The molecule has 164 valence electrons. The molecule has 0 radical (unpaired) electrons. The van der Waals surface area contributed by atoms with Crippen LogP contribution in [0.3, 0.4) is 0 Å². The van der Waals surface area contributed by atoms with Crippen LogP contribution in [0.5, 0.6) is 11.5 Å². The van der Waals surface area contributed by atoms with Gasteiger partial charge in [0.15, 0.2) is 22.7 Å². The summed E-state index contributed by atoms with van der Waals surface area (Å²) in [4.78, 5) is 28.8. The summed E-state index contributed by atoms with van der Waals surface area (Å²) in [6.07, 6.45) is 2.44. The average Bonchev–Trinajstić information content (AvgIpc) is 3.14. The maximum Gasteiger partial charge on any atom is 0.332 e. The van der Waals surface area contributed by atoms with Crippen molar-refractivity contribution in [3.05, 3.63) is 50.9 Å². The number of aromatic nitrogens is 4. The molecule has 2 N–H and O–H groups in total. The molecule has 0 saturated heterocycles. The molecule has 1 unspecified atom stereocenters. The Bertz CT molecular complexity index is 1130. The molecule has 0 bridgehead atoms. The van der Waals surface area contributed by atoms with Crippen molar-refractivity contribution in [1.82, 2.24) is 18.7 Å². The molecule has 3 rings (SSSR count). The summed E-state index contributed by atoms with van der Waals surface area (Å²) in [5, 5.41) is 2.22.